The van der Waals surface area contributed by atoms with E-state index in [1.807, 2.05) is 0 Å². The van der Waals surface area contributed by atoms with Gasteiger partial charge in [-0.15, -0.1) is 0 Å². The van der Waals surface area contributed by atoms with E-state index in [9.17, 15) is 0 Å². The molecule has 0 fully saturated rings. The predicted molar refractivity (Wildman–Crippen MR) is 248 cm³/mol. The largest absolute Gasteiger partial charge is 0.311 e. The highest BCUT2D eigenvalue weighted by atomic mass is 15.1. The number of rotatable bonds is 7. The van der Waals surface area contributed by atoms with Crippen LogP contribution in [0.3, 0.4) is 0 Å². The minimum absolute atomic E-state index is 0.895. The highest BCUT2D eigenvalue weighted by Crippen LogP contribution is 2.42. The Morgan fingerprint density at radius 1 is 0.322 bits per heavy atom. The Balaban J connectivity index is 1.11. The van der Waals surface area contributed by atoms with Gasteiger partial charge in [0, 0.05) is 49.7 Å². The van der Waals surface area contributed by atoms with Crippen LogP contribution in [0.5, 0.6) is 0 Å². The molecule has 2 aromatic heterocycles. The van der Waals surface area contributed by atoms with E-state index < -0.39 is 0 Å². The van der Waals surface area contributed by atoms with Gasteiger partial charge in [0.25, 0.3) is 0 Å². The molecule has 11 rings (SSSR count). The van der Waals surface area contributed by atoms with E-state index in [1.165, 1.54) is 27.3 Å². The summed E-state index contributed by atoms with van der Waals surface area (Å²) in [6.45, 7) is 0. The molecule has 0 N–H and O–H groups in total. The number of pyridine rings is 2. The lowest BCUT2D eigenvalue weighted by molar-refractivity contribution is 1.28. The van der Waals surface area contributed by atoms with Crippen LogP contribution in [0.25, 0.3) is 88.1 Å². The van der Waals surface area contributed by atoms with Crippen LogP contribution in [0.15, 0.2) is 224 Å². The molecule has 2 heterocycles. The zero-order valence-corrected chi connectivity index (χ0v) is 32.2. The summed E-state index contributed by atoms with van der Waals surface area (Å²) in [4.78, 5) is 13.2. The van der Waals surface area contributed by atoms with Gasteiger partial charge in [0.1, 0.15) is 0 Å². The monoisotopic (exact) mass is 751 g/mol. The summed E-state index contributed by atoms with van der Waals surface area (Å²) in [5.74, 6) is 0. The SMILES string of the molecule is c1ccc(-c2ccc(-c3cc(-c4cccc5c4nc(-c4ccc(N(c6ccccc6)c6ccccc6)cc4)c4ccc6ccccc6c45)nc4ccccc34)cc2)cc1. The zero-order valence-electron chi connectivity index (χ0n) is 32.2. The third kappa shape index (κ3) is 6.17. The summed E-state index contributed by atoms with van der Waals surface area (Å²) >= 11 is 0. The maximum absolute atomic E-state index is 5.62. The molecule has 0 atom stereocenters. The molecule has 3 heteroatoms. The van der Waals surface area contributed by atoms with Gasteiger partial charge in [0.05, 0.1) is 22.4 Å². The number of aromatic nitrogens is 2. The lowest BCUT2D eigenvalue weighted by Crippen LogP contribution is -2.09. The summed E-state index contributed by atoms with van der Waals surface area (Å²) < 4.78 is 0. The van der Waals surface area contributed by atoms with E-state index >= 15 is 0 Å². The Morgan fingerprint density at radius 2 is 0.881 bits per heavy atom. The molecule has 0 unspecified atom stereocenters. The van der Waals surface area contributed by atoms with Gasteiger partial charge in [-0.3, -0.25) is 0 Å². The number of fused-ring (bicyclic) bond motifs is 6. The Morgan fingerprint density at radius 3 is 1.61 bits per heavy atom. The molecule has 3 nitrogen and oxygen atoms in total. The average molecular weight is 752 g/mol. The normalized spacial score (nSPS) is 11.4. The van der Waals surface area contributed by atoms with Crippen molar-refractivity contribution < 1.29 is 0 Å². The van der Waals surface area contributed by atoms with Crippen LogP contribution in [0.1, 0.15) is 0 Å². The number of benzene rings is 9. The summed E-state index contributed by atoms with van der Waals surface area (Å²) in [5, 5.41) is 6.95. The second-order valence-corrected chi connectivity index (χ2v) is 14.9. The van der Waals surface area contributed by atoms with E-state index in [-0.39, 0.29) is 0 Å². The fraction of sp³-hybridized carbons (Fsp3) is 0. The molecule has 0 radical (unpaired) electrons. The fourth-order valence-corrected chi connectivity index (χ4v) is 8.62. The van der Waals surface area contributed by atoms with Gasteiger partial charge in [-0.2, -0.15) is 0 Å². The highest BCUT2D eigenvalue weighted by molar-refractivity contribution is 6.24. The standard InChI is InChI=1S/C56H37N3/c1-4-15-38(16-5-1)39-27-29-41(30-28-39)51-37-53(57-52-26-13-12-23-47(51)52)48-24-14-25-49-54-46-22-11-10-17-40(46)33-36-50(54)55(58-56(48)49)42-31-34-45(35-32-42)59(43-18-6-2-7-19-43)44-20-8-3-9-21-44/h1-37H. The lowest BCUT2D eigenvalue weighted by Gasteiger charge is -2.25. The molecule has 0 saturated carbocycles. The summed E-state index contributed by atoms with van der Waals surface area (Å²) in [6, 6.07) is 79.7. The van der Waals surface area contributed by atoms with Crippen LogP contribution in [0.4, 0.5) is 17.1 Å². The number of nitrogens with zero attached hydrogens (tertiary/aromatic N) is 3. The van der Waals surface area contributed by atoms with Gasteiger partial charge in [-0.05, 0) is 81.6 Å². The first-order valence-electron chi connectivity index (χ1n) is 20.1. The van der Waals surface area contributed by atoms with E-state index in [4.69, 9.17) is 9.97 Å². The maximum atomic E-state index is 5.62. The van der Waals surface area contributed by atoms with Crippen molar-refractivity contribution in [1.29, 1.82) is 0 Å². The van der Waals surface area contributed by atoms with Gasteiger partial charge in [-0.1, -0.05) is 176 Å². The van der Waals surface area contributed by atoms with E-state index in [2.05, 4.69) is 229 Å². The third-order valence-corrected chi connectivity index (χ3v) is 11.4. The molecular formula is C56H37N3. The minimum Gasteiger partial charge on any atom is -0.311 e. The number of hydrogen-bond donors (Lipinski definition) is 0. The van der Waals surface area contributed by atoms with Crippen molar-refractivity contribution in [3.63, 3.8) is 0 Å². The smallest absolute Gasteiger partial charge is 0.0810 e. The Hall–Kier alpha value is -7.88. The second-order valence-electron chi connectivity index (χ2n) is 14.9. The molecule has 0 bridgehead atoms. The van der Waals surface area contributed by atoms with E-state index in [0.717, 1.165) is 77.9 Å². The molecule has 0 aliphatic rings. The molecule has 59 heavy (non-hydrogen) atoms. The summed E-state index contributed by atoms with van der Waals surface area (Å²) in [5.41, 5.74) is 13.7. The van der Waals surface area contributed by atoms with Crippen molar-refractivity contribution in [2.75, 3.05) is 4.90 Å². The van der Waals surface area contributed by atoms with E-state index in [0.29, 0.717) is 0 Å². The third-order valence-electron chi connectivity index (χ3n) is 11.4. The first-order chi connectivity index (χ1) is 29.3. The molecule has 9 aromatic carbocycles. The van der Waals surface area contributed by atoms with Gasteiger partial charge < -0.3 is 4.90 Å². The maximum Gasteiger partial charge on any atom is 0.0810 e. The van der Waals surface area contributed by atoms with Crippen molar-refractivity contribution in [2.45, 2.75) is 0 Å². The minimum atomic E-state index is 0.895. The Labute approximate surface area is 343 Å². The molecule has 0 saturated heterocycles. The van der Waals surface area contributed by atoms with Crippen molar-refractivity contribution in [3.05, 3.63) is 224 Å². The fourth-order valence-electron chi connectivity index (χ4n) is 8.62. The number of hydrogen-bond acceptors (Lipinski definition) is 3. The van der Waals surface area contributed by atoms with Crippen molar-refractivity contribution in [2.24, 2.45) is 0 Å². The van der Waals surface area contributed by atoms with Crippen LogP contribution < -0.4 is 4.90 Å². The lowest BCUT2D eigenvalue weighted by atomic mass is 9.92. The van der Waals surface area contributed by atoms with Gasteiger partial charge >= 0.3 is 0 Å². The molecule has 0 spiro atoms. The zero-order chi connectivity index (χ0) is 39.1. The first kappa shape index (κ1) is 34.4. The predicted octanol–water partition coefficient (Wildman–Crippen LogP) is 15.2. The van der Waals surface area contributed by atoms with E-state index in [1.54, 1.807) is 0 Å². The summed E-state index contributed by atoms with van der Waals surface area (Å²) in [7, 11) is 0. The molecule has 276 valence electrons. The van der Waals surface area contributed by atoms with Crippen LogP contribution in [-0.2, 0) is 0 Å². The second kappa shape index (κ2) is 14.6. The van der Waals surface area contributed by atoms with Crippen LogP contribution in [-0.4, -0.2) is 9.97 Å². The highest BCUT2D eigenvalue weighted by Gasteiger charge is 2.19. The van der Waals surface area contributed by atoms with Gasteiger partial charge in [-0.25, -0.2) is 9.97 Å². The molecular weight excluding hydrogens is 715 g/mol. The van der Waals surface area contributed by atoms with Crippen LogP contribution in [0.2, 0.25) is 0 Å². The van der Waals surface area contributed by atoms with Crippen molar-refractivity contribution in [1.82, 2.24) is 9.97 Å². The van der Waals surface area contributed by atoms with Crippen LogP contribution >= 0.6 is 0 Å². The van der Waals surface area contributed by atoms with Crippen molar-refractivity contribution in [3.8, 4) is 44.8 Å². The van der Waals surface area contributed by atoms with Gasteiger partial charge in [0.2, 0.25) is 0 Å². The number of anilines is 3. The molecule has 0 aliphatic heterocycles. The topological polar surface area (TPSA) is 29.0 Å². The Bertz CT molecular complexity index is 3250. The van der Waals surface area contributed by atoms with Crippen molar-refractivity contribution >= 4 is 60.4 Å². The first-order valence-corrected chi connectivity index (χ1v) is 20.1. The molecule has 0 aliphatic carbocycles. The van der Waals surface area contributed by atoms with Crippen LogP contribution in [0, 0.1) is 0 Å². The quantitative estimate of drug-likeness (QED) is 0.152. The van der Waals surface area contributed by atoms with Gasteiger partial charge in [0.15, 0.2) is 0 Å². The Kier molecular flexibility index (Phi) is 8.49. The average Bonchev–Trinajstić information content (AvgIpc) is 3.32. The summed E-state index contributed by atoms with van der Waals surface area (Å²) in [6.07, 6.45) is 0. The molecule has 0 amide bonds. The number of para-hydroxylation sites is 4. The molecule has 11 aromatic rings.